The van der Waals surface area contributed by atoms with Crippen molar-refractivity contribution in [2.24, 2.45) is 0 Å². The van der Waals surface area contributed by atoms with E-state index < -0.39 is 0 Å². The second-order valence-electron chi connectivity index (χ2n) is 5.22. The standard InChI is InChI=1S/C13H23NO.C2H6/c1-10-11(2)13(15-12(10)3)6-5-8-14(4)9-7-13;1-2/h12H,5-9H2,1-4H3;1-2H3. The summed E-state index contributed by atoms with van der Waals surface area (Å²) < 4.78 is 6.24. The van der Waals surface area contributed by atoms with E-state index in [-0.39, 0.29) is 5.60 Å². The van der Waals surface area contributed by atoms with E-state index in [4.69, 9.17) is 4.74 Å². The van der Waals surface area contributed by atoms with E-state index in [0.29, 0.717) is 6.10 Å². The summed E-state index contributed by atoms with van der Waals surface area (Å²) >= 11 is 0. The van der Waals surface area contributed by atoms with Crippen LogP contribution in [0.4, 0.5) is 0 Å². The summed E-state index contributed by atoms with van der Waals surface area (Å²) in [5, 5.41) is 0. The summed E-state index contributed by atoms with van der Waals surface area (Å²) in [7, 11) is 2.21. The van der Waals surface area contributed by atoms with Gasteiger partial charge in [0.15, 0.2) is 0 Å². The minimum atomic E-state index is 0.0776. The molecule has 0 saturated carbocycles. The number of nitrogens with zero attached hydrogens (tertiary/aromatic N) is 1. The van der Waals surface area contributed by atoms with Gasteiger partial charge in [0.2, 0.25) is 0 Å². The van der Waals surface area contributed by atoms with E-state index in [1.807, 2.05) is 13.8 Å². The molecule has 2 heteroatoms. The Labute approximate surface area is 107 Å². The van der Waals surface area contributed by atoms with Crippen LogP contribution in [0.25, 0.3) is 0 Å². The van der Waals surface area contributed by atoms with Crippen LogP contribution in [0.1, 0.15) is 53.9 Å². The lowest BCUT2D eigenvalue weighted by atomic mass is 9.86. The fourth-order valence-electron chi connectivity index (χ4n) is 2.92. The van der Waals surface area contributed by atoms with E-state index >= 15 is 0 Å². The molecule has 0 N–H and O–H groups in total. The fourth-order valence-corrected chi connectivity index (χ4v) is 2.92. The Kier molecular flexibility index (Phi) is 5.21. The molecule has 100 valence electrons. The molecule has 0 radical (unpaired) electrons. The first-order valence-electron chi connectivity index (χ1n) is 7.09. The van der Waals surface area contributed by atoms with E-state index in [1.165, 1.54) is 30.5 Å². The van der Waals surface area contributed by atoms with Crippen molar-refractivity contribution in [2.45, 2.75) is 65.6 Å². The number of rotatable bonds is 0. The molecule has 2 heterocycles. The molecule has 2 rings (SSSR count). The fraction of sp³-hybridized carbons (Fsp3) is 0.867. The van der Waals surface area contributed by atoms with Gasteiger partial charge in [0.1, 0.15) is 0 Å². The smallest absolute Gasteiger partial charge is 0.0913 e. The van der Waals surface area contributed by atoms with Gasteiger partial charge in [-0.25, -0.2) is 0 Å². The van der Waals surface area contributed by atoms with Crippen molar-refractivity contribution in [1.82, 2.24) is 4.90 Å². The second kappa shape index (κ2) is 6.01. The monoisotopic (exact) mass is 239 g/mol. The third-order valence-electron chi connectivity index (χ3n) is 4.30. The first-order chi connectivity index (χ1) is 8.05. The van der Waals surface area contributed by atoms with Crippen molar-refractivity contribution in [1.29, 1.82) is 0 Å². The maximum atomic E-state index is 6.24. The van der Waals surface area contributed by atoms with E-state index in [1.54, 1.807) is 0 Å². The summed E-state index contributed by atoms with van der Waals surface area (Å²) in [4.78, 5) is 2.42. The summed E-state index contributed by atoms with van der Waals surface area (Å²) in [6.45, 7) is 13.1. The van der Waals surface area contributed by atoms with Gasteiger partial charge < -0.3 is 9.64 Å². The Morgan fingerprint density at radius 1 is 1.18 bits per heavy atom. The molecule has 2 aliphatic rings. The maximum absolute atomic E-state index is 6.24. The quantitative estimate of drug-likeness (QED) is 0.599. The van der Waals surface area contributed by atoms with Crippen LogP contribution in [0.15, 0.2) is 11.1 Å². The zero-order chi connectivity index (χ0) is 13.1. The van der Waals surface area contributed by atoms with Crippen LogP contribution in [0.2, 0.25) is 0 Å². The van der Waals surface area contributed by atoms with Gasteiger partial charge >= 0.3 is 0 Å². The van der Waals surface area contributed by atoms with Gasteiger partial charge in [-0.3, -0.25) is 0 Å². The van der Waals surface area contributed by atoms with Gasteiger partial charge in [-0.2, -0.15) is 0 Å². The highest BCUT2D eigenvalue weighted by Gasteiger charge is 2.42. The van der Waals surface area contributed by atoms with E-state index in [2.05, 4.69) is 32.7 Å². The van der Waals surface area contributed by atoms with Crippen molar-refractivity contribution in [3.63, 3.8) is 0 Å². The van der Waals surface area contributed by atoms with Crippen molar-refractivity contribution >= 4 is 0 Å². The zero-order valence-corrected chi connectivity index (χ0v) is 12.5. The normalized spacial score (nSPS) is 34.6. The van der Waals surface area contributed by atoms with Crippen LogP contribution in [-0.4, -0.2) is 36.7 Å². The Bertz CT molecular complexity index is 285. The van der Waals surface area contributed by atoms with E-state index in [9.17, 15) is 0 Å². The van der Waals surface area contributed by atoms with Crippen molar-refractivity contribution in [3.05, 3.63) is 11.1 Å². The third kappa shape index (κ3) is 2.92. The van der Waals surface area contributed by atoms with Gasteiger partial charge in [-0.05, 0) is 64.8 Å². The van der Waals surface area contributed by atoms with Crippen LogP contribution >= 0.6 is 0 Å². The third-order valence-corrected chi connectivity index (χ3v) is 4.30. The molecule has 1 spiro atoms. The lowest BCUT2D eigenvalue weighted by Gasteiger charge is -2.30. The molecule has 2 unspecified atom stereocenters. The summed E-state index contributed by atoms with van der Waals surface area (Å²) in [5.41, 5.74) is 3.04. The maximum Gasteiger partial charge on any atom is 0.0913 e. The van der Waals surface area contributed by atoms with Gasteiger partial charge in [-0.1, -0.05) is 13.8 Å². The highest BCUT2D eigenvalue weighted by atomic mass is 16.5. The topological polar surface area (TPSA) is 12.5 Å². The Hall–Kier alpha value is -0.340. The lowest BCUT2D eigenvalue weighted by Crippen LogP contribution is -2.33. The average Bonchev–Trinajstić information content (AvgIpc) is 2.50. The molecule has 17 heavy (non-hydrogen) atoms. The van der Waals surface area contributed by atoms with Crippen LogP contribution in [0, 0.1) is 0 Å². The Balaban J connectivity index is 0.000000686. The zero-order valence-electron chi connectivity index (χ0n) is 12.5. The largest absolute Gasteiger partial charge is 0.363 e. The van der Waals surface area contributed by atoms with Crippen molar-refractivity contribution in [3.8, 4) is 0 Å². The molecule has 2 atom stereocenters. The van der Waals surface area contributed by atoms with Gasteiger partial charge in [0.05, 0.1) is 11.7 Å². The van der Waals surface area contributed by atoms with E-state index in [0.717, 1.165) is 13.0 Å². The lowest BCUT2D eigenvalue weighted by molar-refractivity contribution is -0.0329. The number of ether oxygens (including phenoxy) is 1. The number of likely N-dealkylation sites (tertiary alicyclic amines) is 1. The minimum absolute atomic E-state index is 0.0776. The predicted octanol–water partition coefficient (Wildman–Crippen LogP) is 3.62. The summed E-state index contributed by atoms with van der Waals surface area (Å²) in [6.07, 6.45) is 3.95. The Morgan fingerprint density at radius 3 is 2.35 bits per heavy atom. The molecule has 1 saturated heterocycles. The molecule has 2 nitrogen and oxygen atoms in total. The number of hydrogen-bond acceptors (Lipinski definition) is 2. The highest BCUT2D eigenvalue weighted by molar-refractivity contribution is 5.29. The van der Waals surface area contributed by atoms with Gasteiger partial charge in [0.25, 0.3) is 0 Å². The van der Waals surface area contributed by atoms with Gasteiger partial charge in [0, 0.05) is 6.54 Å². The molecule has 2 aliphatic heterocycles. The summed E-state index contributed by atoms with van der Waals surface area (Å²) in [6, 6.07) is 0. The van der Waals surface area contributed by atoms with Crippen LogP contribution in [0.3, 0.4) is 0 Å². The first kappa shape index (κ1) is 14.7. The number of hydrogen-bond donors (Lipinski definition) is 0. The molecular weight excluding hydrogens is 210 g/mol. The molecule has 0 aromatic rings. The van der Waals surface area contributed by atoms with Gasteiger partial charge in [-0.15, -0.1) is 0 Å². The van der Waals surface area contributed by atoms with Crippen LogP contribution in [0.5, 0.6) is 0 Å². The SMILES string of the molecule is CC.CC1=C(C)C2(CCCN(C)CC2)OC1C. The minimum Gasteiger partial charge on any atom is -0.363 e. The van der Waals surface area contributed by atoms with Crippen molar-refractivity contribution in [2.75, 3.05) is 20.1 Å². The molecular formula is C15H29NO. The molecule has 1 fully saturated rings. The van der Waals surface area contributed by atoms with Crippen LogP contribution < -0.4 is 0 Å². The van der Waals surface area contributed by atoms with Crippen LogP contribution in [-0.2, 0) is 4.74 Å². The summed E-state index contributed by atoms with van der Waals surface area (Å²) in [5.74, 6) is 0. The Morgan fingerprint density at radius 2 is 1.82 bits per heavy atom. The molecule has 0 aliphatic carbocycles. The average molecular weight is 239 g/mol. The molecule has 0 bridgehead atoms. The highest BCUT2D eigenvalue weighted by Crippen LogP contribution is 2.42. The molecule has 0 aromatic carbocycles. The van der Waals surface area contributed by atoms with Crippen molar-refractivity contribution < 1.29 is 4.74 Å². The second-order valence-corrected chi connectivity index (χ2v) is 5.22. The molecule has 0 aromatic heterocycles. The first-order valence-corrected chi connectivity index (χ1v) is 7.09. The molecule has 0 amide bonds. The predicted molar refractivity (Wildman–Crippen MR) is 74.3 cm³/mol.